The highest BCUT2D eigenvalue weighted by Crippen LogP contribution is 2.29. The summed E-state index contributed by atoms with van der Waals surface area (Å²) in [6, 6.07) is 0. The van der Waals surface area contributed by atoms with E-state index in [1.807, 2.05) is 0 Å². The molecular weight excluding hydrogens is 206 g/mol. The molecule has 2 unspecified atom stereocenters. The minimum absolute atomic E-state index is 0.191. The predicted octanol–water partition coefficient (Wildman–Crippen LogP) is 0.313. The molecule has 0 rings (SSSR count). The molecule has 0 aliphatic carbocycles. The highest BCUT2D eigenvalue weighted by atomic mass is 32.2. The van der Waals surface area contributed by atoms with E-state index in [-0.39, 0.29) is 6.42 Å². The van der Waals surface area contributed by atoms with Crippen LogP contribution in [0.3, 0.4) is 0 Å². The highest BCUT2D eigenvalue weighted by Gasteiger charge is 2.48. The van der Waals surface area contributed by atoms with Crippen molar-refractivity contribution in [3.63, 3.8) is 0 Å². The Bertz CT molecular complexity index is 263. The number of aliphatic hydroxyl groups is 1. The van der Waals surface area contributed by atoms with Crippen LogP contribution in [-0.2, 0) is 10.1 Å². The molecule has 0 aliphatic rings. The second-order valence-corrected chi connectivity index (χ2v) is 5.30. The van der Waals surface area contributed by atoms with Crippen molar-refractivity contribution in [3.8, 4) is 0 Å². The van der Waals surface area contributed by atoms with Gasteiger partial charge in [0.2, 0.25) is 0 Å². The van der Waals surface area contributed by atoms with Crippen LogP contribution in [0.25, 0.3) is 0 Å². The van der Waals surface area contributed by atoms with E-state index in [4.69, 9.17) is 0 Å². The minimum Gasteiger partial charge on any atom is -0.390 e. The Morgan fingerprint density at radius 2 is 1.86 bits per heavy atom. The van der Waals surface area contributed by atoms with Gasteiger partial charge >= 0.3 is 0 Å². The standard InChI is InChI=1S/C8H19NO4S/c1-5-6-8(7(2)10,9(3)4)14(11,12)13/h7,10H,5-6H2,1-4H3,(H,11,12,13). The molecule has 0 aromatic carbocycles. The summed E-state index contributed by atoms with van der Waals surface area (Å²) in [5.41, 5.74) is 0. The monoisotopic (exact) mass is 225 g/mol. The molecule has 0 amide bonds. The number of nitrogens with zero attached hydrogens (tertiary/aromatic N) is 1. The lowest BCUT2D eigenvalue weighted by Gasteiger charge is -2.38. The molecular formula is C8H19NO4S. The number of rotatable bonds is 5. The maximum Gasteiger partial charge on any atom is 0.286 e. The van der Waals surface area contributed by atoms with Gasteiger partial charge in [0.05, 0.1) is 6.10 Å². The number of hydrogen-bond donors (Lipinski definition) is 2. The van der Waals surface area contributed by atoms with Gasteiger partial charge < -0.3 is 5.11 Å². The molecule has 0 saturated carbocycles. The fourth-order valence-electron chi connectivity index (χ4n) is 1.74. The van der Waals surface area contributed by atoms with Gasteiger partial charge in [-0.25, -0.2) is 0 Å². The fraction of sp³-hybridized carbons (Fsp3) is 1.00. The molecule has 0 radical (unpaired) electrons. The second kappa shape index (κ2) is 4.57. The average molecular weight is 225 g/mol. The summed E-state index contributed by atoms with van der Waals surface area (Å²) < 4.78 is 31.7. The third-order valence-corrected chi connectivity index (χ3v) is 4.27. The topological polar surface area (TPSA) is 77.8 Å². The first-order chi connectivity index (χ1) is 6.20. The van der Waals surface area contributed by atoms with Gasteiger partial charge in [0.1, 0.15) is 0 Å². The lowest BCUT2D eigenvalue weighted by atomic mass is 10.1. The van der Waals surface area contributed by atoms with Gasteiger partial charge in [0.25, 0.3) is 10.1 Å². The summed E-state index contributed by atoms with van der Waals surface area (Å²) in [7, 11) is -1.26. The summed E-state index contributed by atoms with van der Waals surface area (Å²) >= 11 is 0. The van der Waals surface area contributed by atoms with Crippen molar-refractivity contribution in [2.75, 3.05) is 14.1 Å². The number of hydrogen-bond acceptors (Lipinski definition) is 4. The van der Waals surface area contributed by atoms with E-state index >= 15 is 0 Å². The van der Waals surface area contributed by atoms with Crippen LogP contribution in [0.1, 0.15) is 26.7 Å². The van der Waals surface area contributed by atoms with Gasteiger partial charge in [-0.05, 0) is 27.4 Å². The summed E-state index contributed by atoms with van der Waals surface area (Å²) in [6.45, 7) is 3.16. The van der Waals surface area contributed by atoms with E-state index in [9.17, 15) is 18.1 Å². The quantitative estimate of drug-likeness (QED) is 0.659. The fourth-order valence-corrected chi connectivity index (χ4v) is 3.09. The Labute approximate surface area is 85.5 Å². The van der Waals surface area contributed by atoms with Gasteiger partial charge in [0, 0.05) is 0 Å². The lowest BCUT2D eigenvalue weighted by Crippen LogP contribution is -2.58. The van der Waals surface area contributed by atoms with Gasteiger partial charge in [0.15, 0.2) is 4.87 Å². The first-order valence-corrected chi connectivity index (χ1v) is 5.96. The van der Waals surface area contributed by atoms with Crippen molar-refractivity contribution < 1.29 is 18.1 Å². The zero-order chi connectivity index (χ0) is 11.6. The zero-order valence-corrected chi connectivity index (χ0v) is 9.87. The maximum absolute atomic E-state index is 11.3. The van der Waals surface area contributed by atoms with Gasteiger partial charge in [-0.2, -0.15) is 8.42 Å². The summed E-state index contributed by atoms with van der Waals surface area (Å²) in [6.07, 6.45) is -0.397. The van der Waals surface area contributed by atoms with E-state index in [0.29, 0.717) is 6.42 Å². The molecule has 5 nitrogen and oxygen atoms in total. The van der Waals surface area contributed by atoms with Crippen LogP contribution >= 0.6 is 0 Å². The van der Waals surface area contributed by atoms with Crippen LogP contribution in [0.2, 0.25) is 0 Å². The molecule has 0 saturated heterocycles. The Morgan fingerprint density at radius 3 is 1.93 bits per heavy atom. The van der Waals surface area contributed by atoms with E-state index < -0.39 is 21.1 Å². The highest BCUT2D eigenvalue weighted by molar-refractivity contribution is 7.87. The van der Waals surface area contributed by atoms with Crippen LogP contribution in [0.5, 0.6) is 0 Å². The predicted molar refractivity (Wildman–Crippen MR) is 54.6 cm³/mol. The van der Waals surface area contributed by atoms with E-state index in [1.165, 1.54) is 25.9 Å². The van der Waals surface area contributed by atoms with Crippen LogP contribution in [0, 0.1) is 0 Å². The first-order valence-electron chi connectivity index (χ1n) is 4.52. The van der Waals surface area contributed by atoms with E-state index in [1.54, 1.807) is 6.92 Å². The number of likely N-dealkylation sites (N-methyl/N-ethyl adjacent to an activating group) is 1. The van der Waals surface area contributed by atoms with Gasteiger partial charge in [-0.1, -0.05) is 13.3 Å². The Kier molecular flexibility index (Phi) is 4.51. The SMILES string of the molecule is CCCC(C(C)O)(N(C)C)S(=O)(=O)O. The summed E-state index contributed by atoms with van der Waals surface area (Å²) in [5, 5.41) is 9.52. The molecule has 0 aliphatic heterocycles. The summed E-state index contributed by atoms with van der Waals surface area (Å²) in [5.74, 6) is 0. The maximum atomic E-state index is 11.3. The van der Waals surface area contributed by atoms with Crippen molar-refractivity contribution in [3.05, 3.63) is 0 Å². The van der Waals surface area contributed by atoms with Gasteiger partial charge in [-0.15, -0.1) is 0 Å². The Balaban J connectivity index is 5.40. The molecule has 0 fully saturated rings. The third-order valence-electron chi connectivity index (χ3n) is 2.46. The smallest absolute Gasteiger partial charge is 0.286 e. The molecule has 6 heteroatoms. The molecule has 0 spiro atoms. The molecule has 0 bridgehead atoms. The van der Waals surface area contributed by atoms with Crippen LogP contribution < -0.4 is 0 Å². The minimum atomic E-state index is -4.31. The van der Waals surface area contributed by atoms with E-state index in [2.05, 4.69) is 0 Å². The van der Waals surface area contributed by atoms with Crippen LogP contribution in [0.4, 0.5) is 0 Å². The first kappa shape index (κ1) is 13.8. The van der Waals surface area contributed by atoms with Crippen molar-refractivity contribution in [1.82, 2.24) is 4.90 Å². The molecule has 14 heavy (non-hydrogen) atoms. The lowest BCUT2D eigenvalue weighted by molar-refractivity contribution is 0.0485. The van der Waals surface area contributed by atoms with Crippen LogP contribution in [-0.4, -0.2) is 48.0 Å². The zero-order valence-electron chi connectivity index (χ0n) is 9.06. The van der Waals surface area contributed by atoms with Gasteiger partial charge in [-0.3, -0.25) is 9.45 Å². The molecule has 2 N–H and O–H groups in total. The Hall–Kier alpha value is -0.170. The molecule has 86 valence electrons. The molecule has 0 aromatic heterocycles. The van der Waals surface area contributed by atoms with Crippen LogP contribution in [0.15, 0.2) is 0 Å². The molecule has 2 atom stereocenters. The molecule has 0 heterocycles. The van der Waals surface area contributed by atoms with Crippen molar-refractivity contribution in [2.24, 2.45) is 0 Å². The third kappa shape index (κ3) is 2.25. The summed E-state index contributed by atoms with van der Waals surface area (Å²) in [4.78, 5) is -0.252. The normalized spacial score (nSPS) is 19.4. The van der Waals surface area contributed by atoms with Crippen molar-refractivity contribution >= 4 is 10.1 Å². The average Bonchev–Trinajstić information content (AvgIpc) is 1.95. The number of aliphatic hydroxyl groups excluding tert-OH is 1. The van der Waals surface area contributed by atoms with E-state index in [0.717, 1.165) is 0 Å². The van der Waals surface area contributed by atoms with Crippen molar-refractivity contribution in [2.45, 2.75) is 37.7 Å². The van der Waals surface area contributed by atoms with Crippen molar-refractivity contribution in [1.29, 1.82) is 0 Å². The second-order valence-electron chi connectivity index (χ2n) is 3.64. The Morgan fingerprint density at radius 1 is 1.43 bits per heavy atom. The molecule has 0 aromatic rings. The largest absolute Gasteiger partial charge is 0.390 e.